The minimum atomic E-state index is -0.731. The second kappa shape index (κ2) is 6.27. The van der Waals surface area contributed by atoms with E-state index >= 15 is 0 Å². The summed E-state index contributed by atoms with van der Waals surface area (Å²) < 4.78 is 4.59. The topological polar surface area (TPSA) is 55.4 Å². The van der Waals surface area contributed by atoms with Gasteiger partial charge < -0.3 is 10.1 Å². The highest BCUT2D eigenvalue weighted by Crippen LogP contribution is 2.39. The smallest absolute Gasteiger partial charge is 0.406 e. The van der Waals surface area contributed by atoms with Gasteiger partial charge in [0.2, 0.25) is 0 Å². The molecule has 2 rings (SSSR count). The molecule has 1 atom stereocenters. The quantitative estimate of drug-likeness (QED) is 0.932. The van der Waals surface area contributed by atoms with Crippen molar-refractivity contribution < 1.29 is 14.3 Å². The highest BCUT2D eigenvalue weighted by molar-refractivity contribution is 6.31. The number of amides is 1. The van der Waals surface area contributed by atoms with E-state index in [4.69, 9.17) is 11.6 Å². The lowest BCUT2D eigenvalue weighted by Gasteiger charge is -2.36. The number of carbonyl (C=O) groups excluding carboxylic acids is 2. The van der Waals surface area contributed by atoms with Gasteiger partial charge in [0.05, 0.1) is 12.5 Å². The first-order valence-electron chi connectivity index (χ1n) is 6.70. The highest BCUT2D eigenvalue weighted by atomic mass is 35.5. The van der Waals surface area contributed by atoms with Crippen LogP contribution in [0.2, 0.25) is 5.02 Å². The Bertz CT molecular complexity index is 518. The van der Waals surface area contributed by atoms with Crippen molar-refractivity contribution in [2.45, 2.75) is 31.1 Å². The Balaban J connectivity index is 2.36. The van der Waals surface area contributed by atoms with Crippen molar-refractivity contribution in [2.24, 2.45) is 0 Å². The number of ketones is 1. The van der Waals surface area contributed by atoms with Gasteiger partial charge in [-0.05, 0) is 24.5 Å². The van der Waals surface area contributed by atoms with E-state index in [-0.39, 0.29) is 12.3 Å². The summed E-state index contributed by atoms with van der Waals surface area (Å²) in [5.41, 5.74) is 0.0629. The molecule has 1 aromatic carbocycles. The largest absolute Gasteiger partial charge is 0.453 e. The normalized spacial score (nSPS) is 22.4. The summed E-state index contributed by atoms with van der Waals surface area (Å²) >= 11 is 6.27. The standard InChI is InChI=1S/C15H18ClNO3/c1-20-14(19)17-10-15(9-5-4-8-13(15)18)11-6-2-3-7-12(11)16/h2-3,6-7H,4-5,8-10H2,1H3,(H,17,19)/t15-/m1/s1. The van der Waals surface area contributed by atoms with Crippen molar-refractivity contribution in [1.82, 2.24) is 5.32 Å². The van der Waals surface area contributed by atoms with Crippen molar-refractivity contribution in [3.63, 3.8) is 0 Å². The van der Waals surface area contributed by atoms with Crippen molar-refractivity contribution in [3.05, 3.63) is 34.9 Å². The second-order valence-corrected chi connectivity index (χ2v) is 5.44. The Morgan fingerprint density at radius 3 is 2.80 bits per heavy atom. The molecule has 1 aliphatic rings. The molecule has 1 aliphatic carbocycles. The molecule has 0 saturated heterocycles. The molecule has 0 aromatic heterocycles. The van der Waals surface area contributed by atoms with Crippen LogP contribution in [0.15, 0.2) is 24.3 Å². The van der Waals surface area contributed by atoms with Crippen molar-refractivity contribution in [3.8, 4) is 0 Å². The maximum atomic E-state index is 12.5. The molecular formula is C15H18ClNO3. The van der Waals surface area contributed by atoms with E-state index in [0.29, 0.717) is 17.9 Å². The average Bonchev–Trinajstić information content (AvgIpc) is 2.47. The van der Waals surface area contributed by atoms with Crippen molar-refractivity contribution in [2.75, 3.05) is 13.7 Å². The molecule has 0 radical (unpaired) electrons. The first-order valence-corrected chi connectivity index (χ1v) is 7.08. The van der Waals surface area contributed by atoms with Gasteiger partial charge in [-0.15, -0.1) is 0 Å². The number of rotatable bonds is 3. The van der Waals surface area contributed by atoms with Crippen LogP contribution in [0, 0.1) is 0 Å². The Kier molecular flexibility index (Phi) is 4.65. The predicted molar refractivity (Wildman–Crippen MR) is 77.0 cm³/mol. The van der Waals surface area contributed by atoms with Crippen LogP contribution in [0.3, 0.4) is 0 Å². The Labute approximate surface area is 123 Å². The molecule has 108 valence electrons. The Morgan fingerprint density at radius 2 is 2.15 bits per heavy atom. The van der Waals surface area contributed by atoms with Gasteiger partial charge in [0.25, 0.3) is 0 Å². The number of methoxy groups -OCH3 is 1. The summed E-state index contributed by atoms with van der Waals surface area (Å²) in [4.78, 5) is 23.9. The highest BCUT2D eigenvalue weighted by Gasteiger charge is 2.42. The summed E-state index contributed by atoms with van der Waals surface area (Å²) in [5.74, 6) is 0.133. The third-order valence-corrected chi connectivity index (χ3v) is 4.23. The number of hydrogen-bond donors (Lipinski definition) is 1. The molecule has 1 saturated carbocycles. The Morgan fingerprint density at radius 1 is 1.40 bits per heavy atom. The molecular weight excluding hydrogens is 278 g/mol. The van der Waals surface area contributed by atoms with Crippen molar-refractivity contribution in [1.29, 1.82) is 0 Å². The van der Waals surface area contributed by atoms with Crippen LogP contribution in [0.25, 0.3) is 0 Å². The van der Waals surface area contributed by atoms with E-state index in [1.54, 1.807) is 6.07 Å². The third-order valence-electron chi connectivity index (χ3n) is 3.90. The summed E-state index contributed by atoms with van der Waals surface area (Å²) in [6.07, 6.45) is 2.52. The fraction of sp³-hybridized carbons (Fsp3) is 0.467. The molecule has 1 aromatic rings. The van der Waals surface area contributed by atoms with E-state index < -0.39 is 11.5 Å². The summed E-state index contributed by atoms with van der Waals surface area (Å²) in [5, 5.41) is 3.22. The monoisotopic (exact) mass is 295 g/mol. The zero-order chi connectivity index (χ0) is 14.6. The molecule has 1 fully saturated rings. The minimum Gasteiger partial charge on any atom is -0.453 e. The number of alkyl carbamates (subject to hydrolysis) is 1. The molecule has 0 spiro atoms. The molecule has 1 N–H and O–H groups in total. The van der Waals surface area contributed by atoms with E-state index in [9.17, 15) is 9.59 Å². The zero-order valence-electron chi connectivity index (χ0n) is 11.4. The molecule has 1 amide bonds. The summed E-state index contributed by atoms with van der Waals surface area (Å²) in [6.45, 7) is 0.224. The number of hydrogen-bond acceptors (Lipinski definition) is 3. The lowest BCUT2D eigenvalue weighted by molar-refractivity contribution is -0.126. The van der Waals surface area contributed by atoms with E-state index in [1.807, 2.05) is 18.2 Å². The number of Topliss-reactive ketones (excluding diaryl/α,β-unsaturated/α-hetero) is 1. The average molecular weight is 296 g/mol. The predicted octanol–water partition coefficient (Wildman–Crippen LogP) is 3.08. The second-order valence-electron chi connectivity index (χ2n) is 5.04. The molecule has 0 aliphatic heterocycles. The van der Waals surface area contributed by atoms with Gasteiger partial charge in [-0.2, -0.15) is 0 Å². The van der Waals surface area contributed by atoms with E-state index in [1.165, 1.54) is 7.11 Å². The van der Waals surface area contributed by atoms with Crippen LogP contribution >= 0.6 is 11.6 Å². The fourth-order valence-electron chi connectivity index (χ4n) is 2.80. The molecule has 20 heavy (non-hydrogen) atoms. The maximum Gasteiger partial charge on any atom is 0.406 e. The Hall–Kier alpha value is -1.55. The van der Waals surface area contributed by atoms with Gasteiger partial charge in [-0.3, -0.25) is 4.79 Å². The van der Waals surface area contributed by atoms with Gasteiger partial charge in [-0.25, -0.2) is 4.79 Å². The minimum absolute atomic E-state index is 0.133. The first kappa shape index (κ1) is 14.9. The first-order chi connectivity index (χ1) is 9.60. The SMILES string of the molecule is COC(=O)NC[C@@]1(c2ccccc2Cl)CCCCC1=O. The van der Waals surface area contributed by atoms with Crippen LogP contribution < -0.4 is 5.32 Å². The van der Waals surface area contributed by atoms with Crippen LogP contribution in [0.4, 0.5) is 4.79 Å². The molecule has 5 heteroatoms. The maximum absolute atomic E-state index is 12.5. The van der Waals surface area contributed by atoms with Gasteiger partial charge in [0.1, 0.15) is 5.78 Å². The zero-order valence-corrected chi connectivity index (χ0v) is 12.2. The van der Waals surface area contributed by atoms with Gasteiger partial charge in [-0.1, -0.05) is 36.2 Å². The fourth-order valence-corrected chi connectivity index (χ4v) is 3.12. The summed E-state index contributed by atoms with van der Waals surface area (Å²) in [7, 11) is 1.31. The number of halogens is 1. The number of benzene rings is 1. The van der Waals surface area contributed by atoms with Crippen LogP contribution in [0.5, 0.6) is 0 Å². The van der Waals surface area contributed by atoms with Crippen LogP contribution in [-0.2, 0) is 14.9 Å². The number of nitrogens with one attached hydrogen (secondary N) is 1. The van der Waals surface area contributed by atoms with Gasteiger partial charge >= 0.3 is 6.09 Å². The van der Waals surface area contributed by atoms with E-state index in [2.05, 4.69) is 10.1 Å². The molecule has 0 bridgehead atoms. The van der Waals surface area contributed by atoms with Crippen LogP contribution in [0.1, 0.15) is 31.2 Å². The lowest BCUT2D eigenvalue weighted by atomic mass is 9.68. The number of ether oxygens (including phenoxy) is 1. The lowest BCUT2D eigenvalue weighted by Crippen LogP contribution is -2.48. The number of carbonyl (C=O) groups is 2. The van der Waals surface area contributed by atoms with Crippen LogP contribution in [-0.4, -0.2) is 25.5 Å². The molecule has 4 nitrogen and oxygen atoms in total. The summed E-state index contributed by atoms with van der Waals surface area (Å²) in [6, 6.07) is 7.34. The van der Waals surface area contributed by atoms with E-state index in [0.717, 1.165) is 18.4 Å². The molecule has 0 unspecified atom stereocenters. The van der Waals surface area contributed by atoms with Gasteiger partial charge in [0.15, 0.2) is 0 Å². The third kappa shape index (κ3) is 2.80. The van der Waals surface area contributed by atoms with Gasteiger partial charge in [0, 0.05) is 18.0 Å². The molecule has 0 heterocycles. The van der Waals surface area contributed by atoms with Crippen molar-refractivity contribution >= 4 is 23.5 Å².